The van der Waals surface area contributed by atoms with Crippen LogP contribution in [0, 0.1) is 12.8 Å². The Kier molecular flexibility index (Phi) is 3.40. The molecule has 1 N–H and O–H groups in total. The molecule has 3 rings (SSSR count). The molecule has 2 nitrogen and oxygen atoms in total. The summed E-state index contributed by atoms with van der Waals surface area (Å²) in [5, 5.41) is 3.86. The molecule has 4 atom stereocenters. The van der Waals surface area contributed by atoms with Gasteiger partial charge < -0.3 is 10.2 Å². The van der Waals surface area contributed by atoms with Crippen LogP contribution in [0.5, 0.6) is 0 Å². The van der Waals surface area contributed by atoms with Crippen LogP contribution in [0.3, 0.4) is 0 Å². The van der Waals surface area contributed by atoms with Gasteiger partial charge in [-0.15, -0.1) is 0 Å². The van der Waals surface area contributed by atoms with Crippen molar-refractivity contribution in [3.05, 3.63) is 35.4 Å². The van der Waals surface area contributed by atoms with Crippen LogP contribution in [-0.2, 0) is 0 Å². The van der Waals surface area contributed by atoms with E-state index < -0.39 is 0 Å². The lowest BCUT2D eigenvalue weighted by atomic mass is 9.92. The van der Waals surface area contributed by atoms with Crippen molar-refractivity contribution >= 4 is 0 Å². The van der Waals surface area contributed by atoms with Crippen LogP contribution in [-0.4, -0.2) is 30.6 Å². The van der Waals surface area contributed by atoms with Gasteiger partial charge in [-0.25, -0.2) is 0 Å². The van der Waals surface area contributed by atoms with E-state index in [1.807, 2.05) is 0 Å². The second-order valence-electron chi connectivity index (χ2n) is 6.04. The number of rotatable bonds is 3. The van der Waals surface area contributed by atoms with E-state index in [9.17, 15) is 0 Å². The van der Waals surface area contributed by atoms with Crippen molar-refractivity contribution in [3.63, 3.8) is 0 Å². The highest BCUT2D eigenvalue weighted by molar-refractivity contribution is 5.23. The molecule has 1 aromatic rings. The fourth-order valence-corrected chi connectivity index (χ4v) is 3.44. The third-order valence-electron chi connectivity index (χ3n) is 4.68. The SMILES string of the molecule is Cc1ccc(C(C)NC2CCN3CCC2C3)cc1. The maximum atomic E-state index is 3.86. The van der Waals surface area contributed by atoms with Gasteiger partial charge in [0.25, 0.3) is 0 Å². The number of piperidine rings is 1. The molecular formula is C16H24N2. The normalized spacial score (nSPS) is 32.4. The van der Waals surface area contributed by atoms with E-state index in [2.05, 4.69) is 48.3 Å². The third kappa shape index (κ3) is 2.45. The average molecular weight is 244 g/mol. The summed E-state index contributed by atoms with van der Waals surface area (Å²) in [7, 11) is 0. The molecule has 2 bridgehead atoms. The Hall–Kier alpha value is -0.860. The Balaban J connectivity index is 1.63. The van der Waals surface area contributed by atoms with Crippen LogP contribution >= 0.6 is 0 Å². The van der Waals surface area contributed by atoms with Crippen molar-refractivity contribution in [2.45, 2.75) is 38.8 Å². The molecule has 2 fully saturated rings. The third-order valence-corrected chi connectivity index (χ3v) is 4.68. The molecule has 2 heteroatoms. The lowest BCUT2D eigenvalue weighted by molar-refractivity contribution is 0.212. The molecule has 4 unspecified atom stereocenters. The van der Waals surface area contributed by atoms with Crippen molar-refractivity contribution in [1.29, 1.82) is 0 Å². The second kappa shape index (κ2) is 5.02. The summed E-state index contributed by atoms with van der Waals surface area (Å²) >= 11 is 0. The predicted molar refractivity (Wildman–Crippen MR) is 75.7 cm³/mol. The van der Waals surface area contributed by atoms with Crippen LogP contribution in [0.4, 0.5) is 0 Å². The van der Waals surface area contributed by atoms with E-state index in [4.69, 9.17) is 0 Å². The van der Waals surface area contributed by atoms with Crippen LogP contribution in [0.1, 0.15) is 36.9 Å². The largest absolute Gasteiger partial charge is 0.307 e. The minimum atomic E-state index is 0.475. The zero-order chi connectivity index (χ0) is 12.5. The Morgan fingerprint density at radius 1 is 1.17 bits per heavy atom. The Morgan fingerprint density at radius 3 is 2.67 bits per heavy atom. The molecule has 0 aromatic heterocycles. The molecule has 2 aliphatic rings. The van der Waals surface area contributed by atoms with Crippen molar-refractivity contribution in [1.82, 2.24) is 10.2 Å². The molecular weight excluding hydrogens is 220 g/mol. The summed E-state index contributed by atoms with van der Waals surface area (Å²) in [6.07, 6.45) is 2.71. The number of nitrogens with one attached hydrogen (secondary N) is 1. The Bertz CT molecular complexity index is 398. The van der Waals surface area contributed by atoms with Gasteiger partial charge in [-0.3, -0.25) is 0 Å². The number of hydrogen-bond acceptors (Lipinski definition) is 2. The van der Waals surface area contributed by atoms with Crippen molar-refractivity contribution in [2.75, 3.05) is 19.6 Å². The van der Waals surface area contributed by atoms with E-state index in [-0.39, 0.29) is 0 Å². The van der Waals surface area contributed by atoms with Crippen LogP contribution in [0.15, 0.2) is 24.3 Å². The highest BCUT2D eigenvalue weighted by atomic mass is 15.2. The molecule has 0 amide bonds. The summed E-state index contributed by atoms with van der Waals surface area (Å²) in [5.41, 5.74) is 2.76. The lowest BCUT2D eigenvalue weighted by Gasteiger charge is -2.33. The first-order valence-corrected chi connectivity index (χ1v) is 7.27. The molecule has 1 aromatic carbocycles. The fraction of sp³-hybridized carbons (Fsp3) is 0.625. The van der Waals surface area contributed by atoms with Gasteiger partial charge in [0.2, 0.25) is 0 Å². The van der Waals surface area contributed by atoms with E-state index >= 15 is 0 Å². The van der Waals surface area contributed by atoms with Gasteiger partial charge in [0, 0.05) is 18.6 Å². The van der Waals surface area contributed by atoms with Crippen LogP contribution in [0.2, 0.25) is 0 Å². The highest BCUT2D eigenvalue weighted by Gasteiger charge is 2.34. The van der Waals surface area contributed by atoms with Gasteiger partial charge in [0.1, 0.15) is 0 Å². The molecule has 0 spiro atoms. The zero-order valence-electron chi connectivity index (χ0n) is 11.5. The van der Waals surface area contributed by atoms with Crippen molar-refractivity contribution < 1.29 is 0 Å². The van der Waals surface area contributed by atoms with Gasteiger partial charge in [0.15, 0.2) is 0 Å². The molecule has 0 saturated carbocycles. The summed E-state index contributed by atoms with van der Waals surface area (Å²) < 4.78 is 0. The summed E-state index contributed by atoms with van der Waals surface area (Å²) in [4.78, 5) is 2.61. The second-order valence-corrected chi connectivity index (χ2v) is 6.04. The standard InChI is InChI=1S/C16H24N2/c1-12-3-5-14(6-4-12)13(2)17-16-8-10-18-9-7-15(16)11-18/h3-6,13,15-17H,7-11H2,1-2H3. The summed E-state index contributed by atoms with van der Waals surface area (Å²) in [6.45, 7) is 8.37. The van der Waals surface area contributed by atoms with Crippen molar-refractivity contribution in [2.24, 2.45) is 5.92 Å². The predicted octanol–water partition coefficient (Wildman–Crippen LogP) is 2.74. The molecule has 98 valence electrons. The Labute approximate surface area is 110 Å². The topological polar surface area (TPSA) is 15.3 Å². The molecule has 2 saturated heterocycles. The van der Waals surface area contributed by atoms with Gasteiger partial charge >= 0.3 is 0 Å². The number of nitrogens with zero attached hydrogens (tertiary/aromatic N) is 1. The molecule has 0 aliphatic carbocycles. The minimum Gasteiger partial charge on any atom is -0.307 e. The smallest absolute Gasteiger partial charge is 0.0294 e. The van der Waals surface area contributed by atoms with E-state index in [1.54, 1.807) is 0 Å². The summed E-state index contributed by atoms with van der Waals surface area (Å²) in [6, 6.07) is 10.1. The molecule has 2 heterocycles. The van der Waals surface area contributed by atoms with Gasteiger partial charge in [-0.1, -0.05) is 29.8 Å². The maximum Gasteiger partial charge on any atom is 0.0294 e. The maximum absolute atomic E-state index is 3.86. The number of fused-ring (bicyclic) bond motifs is 2. The highest BCUT2D eigenvalue weighted by Crippen LogP contribution is 2.28. The van der Waals surface area contributed by atoms with Crippen LogP contribution < -0.4 is 5.32 Å². The molecule has 18 heavy (non-hydrogen) atoms. The van der Waals surface area contributed by atoms with Gasteiger partial charge in [-0.2, -0.15) is 0 Å². The fourth-order valence-electron chi connectivity index (χ4n) is 3.44. The number of aryl methyl sites for hydroxylation is 1. The zero-order valence-corrected chi connectivity index (χ0v) is 11.5. The Morgan fingerprint density at radius 2 is 1.89 bits per heavy atom. The van der Waals surface area contributed by atoms with E-state index in [0.29, 0.717) is 6.04 Å². The monoisotopic (exact) mass is 244 g/mol. The number of benzene rings is 1. The minimum absolute atomic E-state index is 0.475. The van der Waals surface area contributed by atoms with Crippen LogP contribution in [0.25, 0.3) is 0 Å². The van der Waals surface area contributed by atoms with Gasteiger partial charge in [0.05, 0.1) is 0 Å². The first-order chi connectivity index (χ1) is 8.72. The quantitative estimate of drug-likeness (QED) is 0.879. The molecule has 2 aliphatic heterocycles. The summed E-state index contributed by atoms with van der Waals surface area (Å²) in [5.74, 6) is 0.881. The lowest BCUT2D eigenvalue weighted by Crippen LogP contribution is -2.44. The molecule has 0 radical (unpaired) electrons. The first kappa shape index (κ1) is 12.2. The van der Waals surface area contributed by atoms with Crippen molar-refractivity contribution in [3.8, 4) is 0 Å². The number of hydrogen-bond donors (Lipinski definition) is 1. The first-order valence-electron chi connectivity index (χ1n) is 7.27. The van der Waals surface area contributed by atoms with E-state index in [0.717, 1.165) is 12.0 Å². The van der Waals surface area contributed by atoms with E-state index in [1.165, 1.54) is 43.6 Å². The van der Waals surface area contributed by atoms with Gasteiger partial charge in [-0.05, 0) is 51.3 Å². The average Bonchev–Trinajstić information content (AvgIpc) is 2.76.